The van der Waals surface area contributed by atoms with Crippen LogP contribution in [0.3, 0.4) is 0 Å². The first-order chi connectivity index (χ1) is 8.03. The molecule has 0 bridgehead atoms. The molecule has 17 heavy (non-hydrogen) atoms. The SMILES string of the molecule is CCC(Br)CNS(=O)(=O)CCc1ccccc1. The average Bonchev–Trinajstić information content (AvgIpc) is 2.35. The average molecular weight is 320 g/mol. The molecule has 1 atom stereocenters. The number of alkyl halides is 1. The van der Waals surface area contributed by atoms with Crippen LogP contribution in [0.15, 0.2) is 30.3 Å². The number of halogens is 1. The van der Waals surface area contributed by atoms with Crippen molar-refractivity contribution in [2.24, 2.45) is 0 Å². The summed E-state index contributed by atoms with van der Waals surface area (Å²) in [4.78, 5) is 0.203. The van der Waals surface area contributed by atoms with Crippen molar-refractivity contribution in [3.8, 4) is 0 Å². The standard InChI is InChI=1S/C12H18BrNO2S/c1-2-12(13)10-14-17(15,16)9-8-11-6-4-3-5-7-11/h3-7,12,14H,2,8-10H2,1H3. The summed E-state index contributed by atoms with van der Waals surface area (Å²) in [6, 6.07) is 9.64. The van der Waals surface area contributed by atoms with E-state index in [4.69, 9.17) is 0 Å². The van der Waals surface area contributed by atoms with Crippen LogP contribution in [0.25, 0.3) is 0 Å². The highest BCUT2D eigenvalue weighted by Crippen LogP contribution is 2.04. The van der Waals surface area contributed by atoms with Crippen molar-refractivity contribution < 1.29 is 8.42 Å². The smallest absolute Gasteiger partial charge is 0.211 e. The maximum Gasteiger partial charge on any atom is 0.211 e. The molecule has 96 valence electrons. The predicted octanol–water partition coefficient (Wildman–Crippen LogP) is 2.32. The van der Waals surface area contributed by atoms with Crippen LogP contribution < -0.4 is 4.72 Å². The van der Waals surface area contributed by atoms with Crippen LogP contribution in [0.2, 0.25) is 0 Å². The lowest BCUT2D eigenvalue weighted by Gasteiger charge is -2.09. The maximum absolute atomic E-state index is 11.7. The third-order valence-electron chi connectivity index (χ3n) is 2.47. The molecule has 5 heteroatoms. The summed E-state index contributed by atoms with van der Waals surface area (Å²) in [5.74, 6) is 0.139. The molecule has 0 spiro atoms. The van der Waals surface area contributed by atoms with Crippen LogP contribution in [0.5, 0.6) is 0 Å². The van der Waals surface area contributed by atoms with Crippen molar-refractivity contribution in [3.63, 3.8) is 0 Å². The van der Waals surface area contributed by atoms with E-state index in [9.17, 15) is 8.42 Å². The van der Waals surface area contributed by atoms with E-state index in [-0.39, 0.29) is 10.6 Å². The Kier molecular flexibility index (Phi) is 6.16. The zero-order chi connectivity index (χ0) is 12.7. The van der Waals surface area contributed by atoms with Gasteiger partial charge in [-0.3, -0.25) is 0 Å². The largest absolute Gasteiger partial charge is 0.214 e. The third kappa shape index (κ3) is 6.19. The molecule has 0 fully saturated rings. The zero-order valence-corrected chi connectivity index (χ0v) is 12.3. The van der Waals surface area contributed by atoms with Crippen LogP contribution in [-0.2, 0) is 16.4 Å². The van der Waals surface area contributed by atoms with Gasteiger partial charge in [-0.15, -0.1) is 0 Å². The number of aryl methyl sites for hydroxylation is 1. The fourth-order valence-corrected chi connectivity index (χ4v) is 2.81. The summed E-state index contributed by atoms with van der Waals surface area (Å²) in [5, 5.41) is 0. The highest BCUT2D eigenvalue weighted by Gasteiger charge is 2.11. The zero-order valence-electron chi connectivity index (χ0n) is 9.90. The Morgan fingerprint density at radius 2 is 1.94 bits per heavy atom. The van der Waals surface area contributed by atoms with Gasteiger partial charge in [0.15, 0.2) is 0 Å². The highest BCUT2D eigenvalue weighted by atomic mass is 79.9. The summed E-state index contributed by atoms with van der Waals surface area (Å²) >= 11 is 3.40. The second-order valence-corrected chi connectivity index (χ2v) is 7.13. The lowest BCUT2D eigenvalue weighted by molar-refractivity contribution is 0.579. The molecule has 0 aliphatic carbocycles. The Morgan fingerprint density at radius 3 is 2.53 bits per heavy atom. The van der Waals surface area contributed by atoms with Gasteiger partial charge in [0, 0.05) is 11.4 Å². The first kappa shape index (κ1) is 14.7. The van der Waals surface area contributed by atoms with Crippen LogP contribution in [0, 0.1) is 0 Å². The minimum atomic E-state index is -3.16. The van der Waals surface area contributed by atoms with Gasteiger partial charge < -0.3 is 0 Å². The molecule has 1 rings (SSSR count). The molecule has 0 amide bonds. The summed E-state index contributed by atoms with van der Waals surface area (Å²) < 4.78 is 26.0. The molecule has 0 saturated carbocycles. The molecule has 0 radical (unpaired) electrons. The lowest BCUT2D eigenvalue weighted by Crippen LogP contribution is -2.32. The van der Waals surface area contributed by atoms with E-state index in [2.05, 4.69) is 20.7 Å². The molecule has 0 aliphatic heterocycles. The van der Waals surface area contributed by atoms with Crippen molar-refractivity contribution >= 4 is 26.0 Å². The normalized spacial score (nSPS) is 13.5. The summed E-state index contributed by atoms with van der Waals surface area (Å²) in [7, 11) is -3.16. The summed E-state index contributed by atoms with van der Waals surface area (Å²) in [6.07, 6.45) is 1.45. The van der Waals surface area contributed by atoms with E-state index >= 15 is 0 Å². The van der Waals surface area contributed by atoms with Crippen molar-refractivity contribution in [2.75, 3.05) is 12.3 Å². The molecule has 1 N–H and O–H groups in total. The molecule has 3 nitrogen and oxygen atoms in total. The van der Waals surface area contributed by atoms with Gasteiger partial charge in [-0.05, 0) is 18.4 Å². The van der Waals surface area contributed by atoms with Gasteiger partial charge in [-0.2, -0.15) is 0 Å². The number of hydrogen-bond acceptors (Lipinski definition) is 2. The van der Waals surface area contributed by atoms with Gasteiger partial charge in [0.1, 0.15) is 0 Å². The Morgan fingerprint density at radius 1 is 1.29 bits per heavy atom. The van der Waals surface area contributed by atoms with Gasteiger partial charge in [-0.25, -0.2) is 13.1 Å². The Labute approximate surface area is 112 Å². The molecule has 1 unspecified atom stereocenters. The Bertz CT molecular complexity index is 419. The van der Waals surface area contributed by atoms with Crippen LogP contribution in [0.4, 0.5) is 0 Å². The second-order valence-electron chi connectivity index (χ2n) is 3.91. The fraction of sp³-hybridized carbons (Fsp3) is 0.500. The number of nitrogens with one attached hydrogen (secondary N) is 1. The van der Waals surface area contributed by atoms with Gasteiger partial charge in [0.2, 0.25) is 10.0 Å². The topological polar surface area (TPSA) is 46.2 Å². The molecule has 0 aliphatic rings. The summed E-state index contributed by atoms with van der Waals surface area (Å²) in [6.45, 7) is 2.46. The minimum absolute atomic E-state index is 0.139. The highest BCUT2D eigenvalue weighted by molar-refractivity contribution is 9.09. The maximum atomic E-state index is 11.7. The van der Waals surface area contributed by atoms with E-state index in [1.54, 1.807) is 0 Å². The van der Waals surface area contributed by atoms with Gasteiger partial charge in [-0.1, -0.05) is 53.2 Å². The van der Waals surface area contributed by atoms with Gasteiger partial charge >= 0.3 is 0 Å². The minimum Gasteiger partial charge on any atom is -0.214 e. The van der Waals surface area contributed by atoms with E-state index in [0.29, 0.717) is 13.0 Å². The Balaban J connectivity index is 2.40. The molecule has 0 heterocycles. The fourth-order valence-electron chi connectivity index (χ4n) is 1.33. The van der Waals surface area contributed by atoms with Crippen LogP contribution in [0.1, 0.15) is 18.9 Å². The monoisotopic (exact) mass is 319 g/mol. The number of rotatable bonds is 7. The molecule has 0 saturated heterocycles. The number of benzene rings is 1. The number of hydrogen-bond donors (Lipinski definition) is 1. The second kappa shape index (κ2) is 7.13. The van der Waals surface area contributed by atoms with E-state index in [0.717, 1.165) is 12.0 Å². The van der Waals surface area contributed by atoms with Crippen LogP contribution in [-0.4, -0.2) is 25.5 Å². The Hall–Kier alpha value is -0.390. The van der Waals surface area contributed by atoms with E-state index in [1.807, 2.05) is 37.3 Å². The van der Waals surface area contributed by atoms with Crippen molar-refractivity contribution in [2.45, 2.75) is 24.6 Å². The van der Waals surface area contributed by atoms with Crippen molar-refractivity contribution in [1.29, 1.82) is 0 Å². The lowest BCUT2D eigenvalue weighted by atomic mass is 10.2. The first-order valence-electron chi connectivity index (χ1n) is 5.69. The number of sulfonamides is 1. The predicted molar refractivity (Wildman–Crippen MR) is 74.9 cm³/mol. The third-order valence-corrected chi connectivity index (χ3v) is 4.79. The van der Waals surface area contributed by atoms with Crippen molar-refractivity contribution in [3.05, 3.63) is 35.9 Å². The quantitative estimate of drug-likeness (QED) is 0.784. The van der Waals surface area contributed by atoms with Gasteiger partial charge in [0.05, 0.1) is 5.75 Å². The molecular weight excluding hydrogens is 302 g/mol. The van der Waals surface area contributed by atoms with E-state index in [1.165, 1.54) is 0 Å². The molecule has 1 aromatic carbocycles. The molecule has 1 aromatic rings. The van der Waals surface area contributed by atoms with E-state index < -0.39 is 10.0 Å². The van der Waals surface area contributed by atoms with Gasteiger partial charge in [0.25, 0.3) is 0 Å². The summed E-state index contributed by atoms with van der Waals surface area (Å²) in [5.41, 5.74) is 1.05. The molecule has 0 aromatic heterocycles. The van der Waals surface area contributed by atoms with Crippen LogP contribution >= 0.6 is 15.9 Å². The first-order valence-corrected chi connectivity index (χ1v) is 8.25. The van der Waals surface area contributed by atoms with Crippen molar-refractivity contribution in [1.82, 2.24) is 4.72 Å². The molecular formula is C12H18BrNO2S.